The average molecular weight is 290 g/mol. The zero-order chi connectivity index (χ0) is 14.4. The van der Waals surface area contributed by atoms with Gasteiger partial charge in [0.2, 0.25) is 5.91 Å². The van der Waals surface area contributed by atoms with Crippen molar-refractivity contribution in [1.82, 2.24) is 5.32 Å². The monoisotopic (exact) mass is 290 g/mol. The highest BCUT2D eigenvalue weighted by Gasteiger charge is 2.04. The van der Waals surface area contributed by atoms with Crippen molar-refractivity contribution in [2.24, 2.45) is 0 Å². The number of hydrogen-bond acceptors (Lipinski definition) is 3. The van der Waals surface area contributed by atoms with E-state index in [-0.39, 0.29) is 11.7 Å². The standard InChI is InChI=1S/C15H15FN2OS/c16-12-6-13(17)8-14(7-12)20-10-15(19)18-9-11-4-2-1-3-5-11/h1-8H,9-10,17H2,(H,18,19). The van der Waals surface area contributed by atoms with Gasteiger partial charge in [-0.05, 0) is 23.8 Å². The Hall–Kier alpha value is -2.01. The Morgan fingerprint density at radius 1 is 1.20 bits per heavy atom. The van der Waals surface area contributed by atoms with Crippen molar-refractivity contribution in [3.05, 3.63) is 59.9 Å². The van der Waals surface area contributed by atoms with Crippen LogP contribution in [0.2, 0.25) is 0 Å². The third-order valence-electron chi connectivity index (χ3n) is 2.60. The Bertz CT molecular complexity index is 569. The molecule has 0 aliphatic carbocycles. The number of halogens is 1. The van der Waals surface area contributed by atoms with E-state index in [9.17, 15) is 9.18 Å². The van der Waals surface area contributed by atoms with Gasteiger partial charge in [-0.3, -0.25) is 4.79 Å². The first-order valence-corrected chi connectivity index (χ1v) is 7.11. The van der Waals surface area contributed by atoms with Gasteiger partial charge in [0.15, 0.2) is 0 Å². The molecule has 2 aromatic rings. The normalized spacial score (nSPS) is 10.2. The molecular formula is C15H15FN2OS. The summed E-state index contributed by atoms with van der Waals surface area (Å²) < 4.78 is 13.1. The minimum absolute atomic E-state index is 0.0957. The second-order valence-corrected chi connectivity index (χ2v) is 5.32. The average Bonchev–Trinajstić information content (AvgIpc) is 2.43. The molecule has 0 atom stereocenters. The van der Waals surface area contributed by atoms with Gasteiger partial charge in [-0.1, -0.05) is 30.3 Å². The summed E-state index contributed by atoms with van der Waals surface area (Å²) in [6.07, 6.45) is 0. The number of nitrogens with one attached hydrogen (secondary N) is 1. The molecule has 1 amide bonds. The van der Waals surface area contributed by atoms with Crippen LogP contribution in [-0.4, -0.2) is 11.7 Å². The smallest absolute Gasteiger partial charge is 0.230 e. The Morgan fingerprint density at radius 3 is 2.65 bits per heavy atom. The van der Waals surface area contributed by atoms with Crippen LogP contribution in [0.4, 0.5) is 10.1 Å². The Balaban J connectivity index is 1.80. The van der Waals surface area contributed by atoms with Crippen molar-refractivity contribution >= 4 is 23.4 Å². The summed E-state index contributed by atoms with van der Waals surface area (Å²) in [5.41, 5.74) is 6.95. The van der Waals surface area contributed by atoms with E-state index in [1.165, 1.54) is 23.9 Å². The van der Waals surface area contributed by atoms with Gasteiger partial charge < -0.3 is 11.1 Å². The van der Waals surface area contributed by atoms with E-state index >= 15 is 0 Å². The predicted molar refractivity (Wildman–Crippen MR) is 79.8 cm³/mol. The van der Waals surface area contributed by atoms with Crippen LogP contribution in [0.15, 0.2) is 53.4 Å². The summed E-state index contributed by atoms with van der Waals surface area (Å²) in [5, 5.41) is 2.81. The maximum atomic E-state index is 13.1. The number of thioether (sulfide) groups is 1. The highest BCUT2D eigenvalue weighted by atomic mass is 32.2. The first-order valence-electron chi connectivity index (χ1n) is 6.13. The first kappa shape index (κ1) is 14.4. The maximum absolute atomic E-state index is 13.1. The summed E-state index contributed by atoms with van der Waals surface area (Å²) in [6.45, 7) is 0.492. The van der Waals surface area contributed by atoms with Crippen molar-refractivity contribution in [1.29, 1.82) is 0 Å². The lowest BCUT2D eigenvalue weighted by molar-refractivity contribution is -0.118. The minimum Gasteiger partial charge on any atom is -0.399 e. The van der Waals surface area contributed by atoms with E-state index in [0.29, 0.717) is 17.1 Å². The van der Waals surface area contributed by atoms with Gasteiger partial charge in [-0.15, -0.1) is 11.8 Å². The number of nitrogen functional groups attached to an aromatic ring is 1. The lowest BCUT2D eigenvalue weighted by Crippen LogP contribution is -2.24. The SMILES string of the molecule is Nc1cc(F)cc(SCC(=O)NCc2ccccc2)c1. The van der Waals surface area contributed by atoms with E-state index in [4.69, 9.17) is 5.73 Å². The fraction of sp³-hybridized carbons (Fsp3) is 0.133. The fourth-order valence-corrected chi connectivity index (χ4v) is 2.48. The molecule has 3 N–H and O–H groups in total. The lowest BCUT2D eigenvalue weighted by Gasteiger charge is -2.06. The van der Waals surface area contributed by atoms with Gasteiger partial charge in [0.1, 0.15) is 5.82 Å². The summed E-state index contributed by atoms with van der Waals surface area (Å²) in [4.78, 5) is 12.4. The van der Waals surface area contributed by atoms with Crippen LogP contribution >= 0.6 is 11.8 Å². The van der Waals surface area contributed by atoms with E-state index < -0.39 is 5.82 Å². The minimum atomic E-state index is -0.391. The highest BCUT2D eigenvalue weighted by molar-refractivity contribution is 8.00. The van der Waals surface area contributed by atoms with Gasteiger partial charge in [0.25, 0.3) is 0 Å². The van der Waals surface area contributed by atoms with Crippen molar-refractivity contribution < 1.29 is 9.18 Å². The largest absolute Gasteiger partial charge is 0.399 e. The molecule has 0 aromatic heterocycles. The molecule has 2 aromatic carbocycles. The predicted octanol–water partition coefficient (Wildman–Crippen LogP) is 2.82. The molecule has 2 rings (SSSR count). The molecule has 0 saturated heterocycles. The maximum Gasteiger partial charge on any atom is 0.230 e. The molecule has 0 bridgehead atoms. The van der Waals surface area contributed by atoms with Gasteiger partial charge in [0, 0.05) is 17.1 Å². The Labute approximate surface area is 121 Å². The Kier molecular flexibility index (Phi) is 5.01. The van der Waals surface area contributed by atoms with Gasteiger partial charge in [-0.2, -0.15) is 0 Å². The molecule has 0 heterocycles. The molecular weight excluding hydrogens is 275 g/mol. The van der Waals surface area contributed by atoms with Crippen molar-refractivity contribution in [3.8, 4) is 0 Å². The molecule has 20 heavy (non-hydrogen) atoms. The number of nitrogens with two attached hydrogens (primary N) is 1. The van der Waals surface area contributed by atoms with Gasteiger partial charge >= 0.3 is 0 Å². The molecule has 0 spiro atoms. The van der Waals surface area contributed by atoms with Crippen LogP contribution in [0.25, 0.3) is 0 Å². The second kappa shape index (κ2) is 6.96. The summed E-state index contributed by atoms with van der Waals surface area (Å²) >= 11 is 1.26. The van der Waals surface area contributed by atoms with Crippen LogP contribution in [0.3, 0.4) is 0 Å². The van der Waals surface area contributed by atoms with Gasteiger partial charge in [0.05, 0.1) is 5.75 Å². The zero-order valence-electron chi connectivity index (χ0n) is 10.8. The molecule has 3 nitrogen and oxygen atoms in total. The number of amides is 1. The summed E-state index contributed by atoms with van der Waals surface area (Å²) in [6, 6.07) is 13.9. The van der Waals surface area contributed by atoms with E-state index in [2.05, 4.69) is 5.32 Å². The first-order chi connectivity index (χ1) is 9.63. The third-order valence-corrected chi connectivity index (χ3v) is 3.57. The van der Waals surface area contributed by atoms with Crippen molar-refractivity contribution in [3.63, 3.8) is 0 Å². The molecule has 0 fully saturated rings. The van der Waals surface area contributed by atoms with Gasteiger partial charge in [-0.25, -0.2) is 4.39 Å². The number of benzene rings is 2. The molecule has 104 valence electrons. The van der Waals surface area contributed by atoms with E-state index in [1.54, 1.807) is 6.07 Å². The van der Waals surface area contributed by atoms with Crippen molar-refractivity contribution in [2.75, 3.05) is 11.5 Å². The topological polar surface area (TPSA) is 55.1 Å². The number of carbonyl (C=O) groups is 1. The molecule has 0 aliphatic heterocycles. The van der Waals surface area contributed by atoms with Crippen LogP contribution < -0.4 is 11.1 Å². The number of hydrogen-bond donors (Lipinski definition) is 2. The lowest BCUT2D eigenvalue weighted by atomic mass is 10.2. The summed E-state index contributed by atoms with van der Waals surface area (Å²) in [7, 11) is 0. The Morgan fingerprint density at radius 2 is 1.95 bits per heavy atom. The number of carbonyl (C=O) groups excluding carboxylic acids is 1. The molecule has 0 saturated carbocycles. The fourth-order valence-electron chi connectivity index (χ4n) is 1.66. The van der Waals surface area contributed by atoms with Crippen molar-refractivity contribution in [2.45, 2.75) is 11.4 Å². The quantitative estimate of drug-likeness (QED) is 0.657. The highest BCUT2D eigenvalue weighted by Crippen LogP contribution is 2.21. The zero-order valence-corrected chi connectivity index (χ0v) is 11.6. The number of anilines is 1. The van der Waals surface area contributed by atoms with Crippen LogP contribution in [-0.2, 0) is 11.3 Å². The summed E-state index contributed by atoms with van der Waals surface area (Å²) in [5.74, 6) is -0.255. The molecule has 0 aliphatic rings. The molecule has 0 unspecified atom stereocenters. The van der Waals surface area contributed by atoms with E-state index in [0.717, 1.165) is 5.56 Å². The van der Waals surface area contributed by atoms with Crippen LogP contribution in [0, 0.1) is 5.82 Å². The van der Waals surface area contributed by atoms with Crippen LogP contribution in [0.1, 0.15) is 5.56 Å². The number of rotatable bonds is 5. The molecule has 5 heteroatoms. The molecule has 0 radical (unpaired) electrons. The third kappa shape index (κ3) is 4.59. The van der Waals surface area contributed by atoms with E-state index in [1.807, 2.05) is 30.3 Å². The van der Waals surface area contributed by atoms with Crippen LogP contribution in [0.5, 0.6) is 0 Å². The second-order valence-electron chi connectivity index (χ2n) is 4.27.